The highest BCUT2D eigenvalue weighted by Crippen LogP contribution is 2.36. The van der Waals surface area contributed by atoms with E-state index in [-0.39, 0.29) is 34.1 Å². The van der Waals surface area contributed by atoms with Gasteiger partial charge >= 0.3 is 17.4 Å². The van der Waals surface area contributed by atoms with Gasteiger partial charge in [0.25, 0.3) is 5.91 Å². The van der Waals surface area contributed by atoms with Crippen molar-refractivity contribution in [1.29, 1.82) is 5.26 Å². The molecule has 0 aliphatic carbocycles. The number of carbonyl (C=O) groups is 1. The smallest absolute Gasteiger partial charge is 0.394 e. The first-order valence-corrected chi connectivity index (χ1v) is 6.10. The summed E-state index contributed by atoms with van der Waals surface area (Å²) in [7, 11) is 0. The summed E-state index contributed by atoms with van der Waals surface area (Å²) in [5.41, 5.74) is -4.45. The Hall–Kier alpha value is -2.54. The summed E-state index contributed by atoms with van der Waals surface area (Å²) >= 11 is -0.328. The zero-order valence-electron chi connectivity index (χ0n) is 10.0. The van der Waals surface area contributed by atoms with Gasteiger partial charge in [0.05, 0.1) is 0 Å². The first-order valence-electron chi connectivity index (χ1n) is 5.28. The quantitative estimate of drug-likeness (QED) is 0.876. The SMILES string of the molecule is N#Cc1nnc(NC(=O)c2cccc(SC(F)(F)F)c2)o1. The average Bonchev–Trinajstić information content (AvgIpc) is 2.84. The van der Waals surface area contributed by atoms with Gasteiger partial charge in [-0.15, -0.1) is 0 Å². The van der Waals surface area contributed by atoms with Crippen molar-refractivity contribution in [3.63, 3.8) is 0 Å². The largest absolute Gasteiger partial charge is 0.446 e. The molecule has 0 unspecified atom stereocenters. The first-order chi connectivity index (χ1) is 9.87. The van der Waals surface area contributed by atoms with Crippen molar-refractivity contribution in [3.05, 3.63) is 35.7 Å². The Morgan fingerprint density at radius 3 is 2.76 bits per heavy atom. The Kier molecular flexibility index (Phi) is 4.13. The Bertz CT molecular complexity index is 708. The van der Waals surface area contributed by atoms with Crippen LogP contribution in [-0.2, 0) is 0 Å². The fourth-order valence-corrected chi connectivity index (χ4v) is 1.92. The van der Waals surface area contributed by atoms with E-state index in [4.69, 9.17) is 9.68 Å². The van der Waals surface area contributed by atoms with E-state index < -0.39 is 11.4 Å². The minimum Gasteiger partial charge on any atom is -0.394 e. The predicted octanol–water partition coefficient (Wildman–Crippen LogP) is 2.81. The number of amides is 1. The fourth-order valence-electron chi connectivity index (χ4n) is 1.32. The molecule has 2 aromatic rings. The van der Waals surface area contributed by atoms with Crippen LogP contribution in [0, 0.1) is 11.3 Å². The van der Waals surface area contributed by atoms with Gasteiger partial charge in [-0.25, -0.2) is 0 Å². The molecule has 0 spiro atoms. The number of halogens is 3. The van der Waals surface area contributed by atoms with Crippen LogP contribution in [0.3, 0.4) is 0 Å². The van der Waals surface area contributed by atoms with E-state index in [1.807, 2.05) is 0 Å². The maximum Gasteiger partial charge on any atom is 0.446 e. The lowest BCUT2D eigenvalue weighted by atomic mass is 10.2. The molecule has 0 aliphatic rings. The second kappa shape index (κ2) is 5.84. The third-order valence-electron chi connectivity index (χ3n) is 2.07. The summed E-state index contributed by atoms with van der Waals surface area (Å²) in [5, 5.41) is 17.3. The minimum atomic E-state index is -4.44. The van der Waals surface area contributed by atoms with E-state index in [0.29, 0.717) is 0 Å². The van der Waals surface area contributed by atoms with Crippen molar-refractivity contribution in [3.8, 4) is 6.07 Å². The van der Waals surface area contributed by atoms with Crippen molar-refractivity contribution in [2.45, 2.75) is 10.4 Å². The highest BCUT2D eigenvalue weighted by molar-refractivity contribution is 8.00. The van der Waals surface area contributed by atoms with Crippen LogP contribution in [0.15, 0.2) is 33.6 Å². The van der Waals surface area contributed by atoms with Gasteiger partial charge in [0.1, 0.15) is 0 Å². The molecule has 1 N–H and O–H groups in total. The van der Waals surface area contributed by atoms with E-state index >= 15 is 0 Å². The lowest BCUT2D eigenvalue weighted by Gasteiger charge is -2.06. The molecule has 1 heterocycles. The van der Waals surface area contributed by atoms with Gasteiger partial charge in [-0.1, -0.05) is 16.3 Å². The second-order valence-corrected chi connectivity index (χ2v) is 4.69. The van der Waals surface area contributed by atoms with Gasteiger partial charge in [-0.05, 0) is 30.0 Å². The Labute approximate surface area is 120 Å². The standard InChI is InChI=1S/C11H5F3N4O2S/c12-11(13,14)21-7-3-1-2-6(4-7)9(19)16-10-18-17-8(5-15)20-10/h1-4H,(H,16,18,19). The van der Waals surface area contributed by atoms with Gasteiger partial charge in [0.2, 0.25) is 0 Å². The van der Waals surface area contributed by atoms with Gasteiger partial charge < -0.3 is 4.42 Å². The molecule has 1 aromatic heterocycles. The van der Waals surface area contributed by atoms with E-state index in [9.17, 15) is 18.0 Å². The van der Waals surface area contributed by atoms with Crippen LogP contribution in [0.5, 0.6) is 0 Å². The molecule has 0 fully saturated rings. The molecule has 21 heavy (non-hydrogen) atoms. The number of thioether (sulfide) groups is 1. The Morgan fingerprint density at radius 2 is 2.14 bits per heavy atom. The van der Waals surface area contributed by atoms with Crippen LogP contribution < -0.4 is 5.32 Å². The molecule has 0 bridgehead atoms. The fraction of sp³-hybridized carbons (Fsp3) is 0.0909. The normalized spacial score (nSPS) is 11.0. The van der Waals surface area contributed by atoms with Crippen molar-refractivity contribution in [2.24, 2.45) is 0 Å². The van der Waals surface area contributed by atoms with E-state index in [1.54, 1.807) is 6.07 Å². The number of nitrogens with one attached hydrogen (secondary N) is 1. The summed E-state index contributed by atoms with van der Waals surface area (Å²) in [4.78, 5) is 11.7. The van der Waals surface area contributed by atoms with Gasteiger partial charge in [0, 0.05) is 10.5 Å². The summed E-state index contributed by atoms with van der Waals surface area (Å²) in [6.07, 6.45) is 0. The van der Waals surface area contributed by atoms with Crippen molar-refractivity contribution < 1.29 is 22.4 Å². The highest BCUT2D eigenvalue weighted by Gasteiger charge is 2.29. The number of benzene rings is 1. The first kappa shape index (κ1) is 14.9. The van der Waals surface area contributed by atoms with Crippen LogP contribution in [-0.4, -0.2) is 21.6 Å². The van der Waals surface area contributed by atoms with Crippen molar-refractivity contribution >= 4 is 23.7 Å². The van der Waals surface area contributed by atoms with Crippen molar-refractivity contribution in [2.75, 3.05) is 5.32 Å². The summed E-state index contributed by atoms with van der Waals surface area (Å²) in [6.45, 7) is 0. The lowest BCUT2D eigenvalue weighted by molar-refractivity contribution is -0.0328. The number of nitriles is 1. The van der Waals surface area contributed by atoms with E-state index in [2.05, 4.69) is 15.5 Å². The Balaban J connectivity index is 2.12. The molecule has 0 atom stereocenters. The maximum atomic E-state index is 12.3. The zero-order chi connectivity index (χ0) is 15.5. The minimum absolute atomic E-state index is 0.0130. The Morgan fingerprint density at radius 1 is 1.38 bits per heavy atom. The third kappa shape index (κ3) is 4.22. The zero-order valence-corrected chi connectivity index (χ0v) is 10.8. The molecular weight excluding hydrogens is 309 g/mol. The van der Waals surface area contributed by atoms with Crippen LogP contribution in [0.4, 0.5) is 19.2 Å². The predicted molar refractivity (Wildman–Crippen MR) is 65.3 cm³/mol. The number of nitrogens with zero attached hydrogens (tertiary/aromatic N) is 3. The molecule has 0 aliphatic heterocycles. The number of hydrogen-bond donors (Lipinski definition) is 1. The maximum absolute atomic E-state index is 12.3. The molecule has 0 radical (unpaired) electrons. The molecule has 0 saturated heterocycles. The average molecular weight is 314 g/mol. The van der Waals surface area contributed by atoms with Crippen LogP contribution >= 0.6 is 11.8 Å². The molecule has 0 saturated carbocycles. The third-order valence-corrected chi connectivity index (χ3v) is 2.79. The van der Waals surface area contributed by atoms with Crippen molar-refractivity contribution in [1.82, 2.24) is 10.2 Å². The second-order valence-electron chi connectivity index (χ2n) is 3.55. The van der Waals surface area contributed by atoms with Crippen LogP contribution in [0.2, 0.25) is 0 Å². The van der Waals surface area contributed by atoms with E-state index in [1.165, 1.54) is 18.2 Å². The molecular formula is C11H5F3N4O2S. The number of anilines is 1. The van der Waals surface area contributed by atoms with Gasteiger partial charge in [-0.2, -0.15) is 18.4 Å². The van der Waals surface area contributed by atoms with Gasteiger partial charge in [0.15, 0.2) is 6.07 Å². The molecule has 1 aromatic carbocycles. The molecule has 10 heteroatoms. The molecule has 1 amide bonds. The molecule has 2 rings (SSSR count). The molecule has 108 valence electrons. The van der Waals surface area contributed by atoms with Crippen LogP contribution in [0.1, 0.15) is 16.2 Å². The van der Waals surface area contributed by atoms with Crippen LogP contribution in [0.25, 0.3) is 0 Å². The summed E-state index contributed by atoms with van der Waals surface area (Å²) < 4.78 is 41.5. The lowest BCUT2D eigenvalue weighted by Crippen LogP contribution is -2.12. The number of aromatic nitrogens is 2. The number of hydrogen-bond acceptors (Lipinski definition) is 6. The number of carbonyl (C=O) groups excluding carboxylic acids is 1. The topological polar surface area (TPSA) is 91.8 Å². The van der Waals surface area contributed by atoms with E-state index in [0.717, 1.165) is 6.07 Å². The number of rotatable bonds is 3. The van der Waals surface area contributed by atoms with Gasteiger partial charge in [-0.3, -0.25) is 10.1 Å². The molecule has 6 nitrogen and oxygen atoms in total. The number of alkyl halides is 3. The summed E-state index contributed by atoms with van der Waals surface area (Å²) in [5.74, 6) is -1.07. The highest BCUT2D eigenvalue weighted by atomic mass is 32.2. The monoisotopic (exact) mass is 314 g/mol. The summed E-state index contributed by atoms with van der Waals surface area (Å²) in [6, 6.07) is 6.22.